The molecule has 0 N–H and O–H groups in total. The molecule has 3 rings (SSSR count). The second kappa shape index (κ2) is 4.84. The predicted molar refractivity (Wildman–Crippen MR) is 75.5 cm³/mol. The molecule has 0 aliphatic heterocycles. The summed E-state index contributed by atoms with van der Waals surface area (Å²) in [6.07, 6.45) is 0. The zero-order valence-corrected chi connectivity index (χ0v) is 11.8. The molecule has 2 aromatic heterocycles. The van der Waals surface area contributed by atoms with Gasteiger partial charge in [-0.25, -0.2) is 15.0 Å². The van der Waals surface area contributed by atoms with Crippen LogP contribution in [-0.2, 0) is 0 Å². The first-order valence-electron chi connectivity index (χ1n) is 5.25. The van der Waals surface area contributed by atoms with Crippen molar-refractivity contribution < 1.29 is 0 Å². The summed E-state index contributed by atoms with van der Waals surface area (Å²) in [4.78, 5) is 12.9. The summed E-state index contributed by atoms with van der Waals surface area (Å²) < 4.78 is 2.14. The average molecular weight is 294 g/mol. The Kier molecular flexibility index (Phi) is 3.20. The fourth-order valence-electron chi connectivity index (χ4n) is 1.54. The Morgan fingerprint density at radius 1 is 1.17 bits per heavy atom. The van der Waals surface area contributed by atoms with Crippen LogP contribution in [0.15, 0.2) is 39.7 Å². The third-order valence-electron chi connectivity index (χ3n) is 2.25. The minimum absolute atomic E-state index is 0.464. The van der Waals surface area contributed by atoms with E-state index in [1.807, 2.05) is 25.1 Å². The Labute approximate surface area is 117 Å². The highest BCUT2D eigenvalue weighted by Gasteiger charge is 2.07. The molecule has 0 radical (unpaired) electrons. The van der Waals surface area contributed by atoms with Crippen LogP contribution < -0.4 is 0 Å². The quantitative estimate of drug-likeness (QED) is 0.664. The summed E-state index contributed by atoms with van der Waals surface area (Å²) in [6.45, 7) is 1.83. The fourth-order valence-corrected chi connectivity index (χ4v) is 3.89. The molecule has 0 aliphatic carbocycles. The van der Waals surface area contributed by atoms with E-state index in [-0.39, 0.29) is 0 Å². The monoisotopic (exact) mass is 293 g/mol. The van der Waals surface area contributed by atoms with Crippen LogP contribution in [0.5, 0.6) is 0 Å². The standard InChI is InChI=1S/C12H8ClN3S2/c1-7-14-10(13)6-11(15-7)18-12-16-8-4-2-3-5-9(8)17-12/h2-6H,1H3. The summed E-state index contributed by atoms with van der Waals surface area (Å²) in [5.41, 5.74) is 1.02. The highest BCUT2D eigenvalue weighted by atomic mass is 35.5. The van der Waals surface area contributed by atoms with Crippen molar-refractivity contribution in [1.29, 1.82) is 0 Å². The van der Waals surface area contributed by atoms with Crippen molar-refractivity contribution in [3.63, 3.8) is 0 Å². The van der Waals surface area contributed by atoms with Crippen molar-refractivity contribution in [3.05, 3.63) is 41.3 Å². The van der Waals surface area contributed by atoms with E-state index < -0.39 is 0 Å². The summed E-state index contributed by atoms with van der Waals surface area (Å²) in [7, 11) is 0. The molecule has 3 nitrogen and oxygen atoms in total. The second-order valence-electron chi connectivity index (χ2n) is 3.63. The van der Waals surface area contributed by atoms with Crippen LogP contribution in [0.4, 0.5) is 0 Å². The van der Waals surface area contributed by atoms with Crippen molar-refractivity contribution in [1.82, 2.24) is 15.0 Å². The molecule has 18 heavy (non-hydrogen) atoms. The fraction of sp³-hybridized carbons (Fsp3) is 0.0833. The molecule has 2 heterocycles. The molecule has 6 heteroatoms. The summed E-state index contributed by atoms with van der Waals surface area (Å²) in [6, 6.07) is 9.83. The van der Waals surface area contributed by atoms with Gasteiger partial charge < -0.3 is 0 Å². The van der Waals surface area contributed by atoms with E-state index in [2.05, 4.69) is 21.0 Å². The maximum atomic E-state index is 5.91. The van der Waals surface area contributed by atoms with Crippen LogP contribution >= 0.6 is 34.7 Å². The number of thiazole rings is 1. The van der Waals surface area contributed by atoms with Gasteiger partial charge in [0, 0.05) is 6.07 Å². The summed E-state index contributed by atoms with van der Waals surface area (Å²) >= 11 is 9.08. The van der Waals surface area contributed by atoms with E-state index in [0.29, 0.717) is 11.0 Å². The lowest BCUT2D eigenvalue weighted by Crippen LogP contribution is -1.89. The molecule has 0 saturated heterocycles. The first-order valence-corrected chi connectivity index (χ1v) is 7.26. The van der Waals surface area contributed by atoms with Gasteiger partial charge in [0.2, 0.25) is 0 Å². The van der Waals surface area contributed by atoms with Gasteiger partial charge in [-0.05, 0) is 30.8 Å². The number of benzene rings is 1. The molecular weight excluding hydrogens is 286 g/mol. The van der Waals surface area contributed by atoms with Gasteiger partial charge in [0.25, 0.3) is 0 Å². The molecule has 1 aromatic carbocycles. The summed E-state index contributed by atoms with van der Waals surface area (Å²) in [5.74, 6) is 0.672. The van der Waals surface area contributed by atoms with Crippen LogP contribution in [0, 0.1) is 6.92 Å². The zero-order valence-electron chi connectivity index (χ0n) is 9.42. The minimum atomic E-state index is 0.464. The van der Waals surface area contributed by atoms with Gasteiger partial charge in [-0.2, -0.15) is 0 Å². The van der Waals surface area contributed by atoms with E-state index >= 15 is 0 Å². The largest absolute Gasteiger partial charge is 0.229 e. The molecule has 0 spiro atoms. The maximum absolute atomic E-state index is 5.91. The van der Waals surface area contributed by atoms with E-state index in [1.165, 1.54) is 16.5 Å². The van der Waals surface area contributed by atoms with Crippen molar-refractivity contribution >= 4 is 44.9 Å². The van der Waals surface area contributed by atoms with Gasteiger partial charge in [-0.15, -0.1) is 11.3 Å². The van der Waals surface area contributed by atoms with Crippen LogP contribution in [0.25, 0.3) is 10.2 Å². The lowest BCUT2D eigenvalue weighted by Gasteiger charge is -1.98. The lowest BCUT2D eigenvalue weighted by atomic mass is 10.3. The Bertz CT molecular complexity index is 658. The van der Waals surface area contributed by atoms with Crippen LogP contribution in [-0.4, -0.2) is 15.0 Å². The Balaban J connectivity index is 1.96. The number of hydrogen-bond donors (Lipinski definition) is 0. The Hall–Kier alpha value is -1.17. The molecule has 0 amide bonds. The van der Waals surface area contributed by atoms with E-state index in [4.69, 9.17) is 11.6 Å². The van der Waals surface area contributed by atoms with Gasteiger partial charge in [-0.1, -0.05) is 23.7 Å². The summed E-state index contributed by atoms with van der Waals surface area (Å²) in [5, 5.41) is 1.29. The molecule has 3 aromatic rings. The average Bonchev–Trinajstić information content (AvgIpc) is 2.69. The first-order chi connectivity index (χ1) is 8.70. The van der Waals surface area contributed by atoms with Crippen LogP contribution in [0.3, 0.4) is 0 Å². The van der Waals surface area contributed by atoms with Crippen molar-refractivity contribution in [2.75, 3.05) is 0 Å². The second-order valence-corrected chi connectivity index (χ2v) is 6.31. The minimum Gasteiger partial charge on any atom is -0.229 e. The third-order valence-corrected chi connectivity index (χ3v) is 4.46. The number of halogens is 1. The number of nitrogens with zero attached hydrogens (tertiary/aromatic N) is 3. The van der Waals surface area contributed by atoms with E-state index in [0.717, 1.165) is 14.9 Å². The van der Waals surface area contributed by atoms with Gasteiger partial charge >= 0.3 is 0 Å². The predicted octanol–water partition coefficient (Wildman–Crippen LogP) is 4.20. The van der Waals surface area contributed by atoms with Crippen molar-refractivity contribution in [2.45, 2.75) is 16.3 Å². The number of aromatic nitrogens is 3. The number of rotatable bonds is 2. The highest BCUT2D eigenvalue weighted by Crippen LogP contribution is 2.33. The molecule has 0 fully saturated rings. The topological polar surface area (TPSA) is 38.7 Å². The number of aryl methyl sites for hydroxylation is 1. The lowest BCUT2D eigenvalue weighted by molar-refractivity contribution is 0.967. The molecule has 0 saturated carbocycles. The number of hydrogen-bond acceptors (Lipinski definition) is 5. The zero-order chi connectivity index (χ0) is 12.5. The van der Waals surface area contributed by atoms with Gasteiger partial charge in [-0.3, -0.25) is 0 Å². The van der Waals surface area contributed by atoms with Gasteiger partial charge in [0.15, 0.2) is 4.34 Å². The number of fused-ring (bicyclic) bond motifs is 1. The van der Waals surface area contributed by atoms with Crippen molar-refractivity contribution in [2.24, 2.45) is 0 Å². The molecular formula is C12H8ClN3S2. The molecule has 0 bridgehead atoms. The van der Waals surface area contributed by atoms with E-state index in [1.54, 1.807) is 17.4 Å². The van der Waals surface area contributed by atoms with Gasteiger partial charge in [0.1, 0.15) is 16.0 Å². The molecule has 0 aliphatic rings. The Morgan fingerprint density at radius 2 is 2.00 bits per heavy atom. The van der Waals surface area contributed by atoms with Crippen LogP contribution in [0.1, 0.15) is 5.82 Å². The SMILES string of the molecule is Cc1nc(Cl)cc(Sc2nc3ccccc3s2)n1. The third kappa shape index (κ3) is 2.48. The normalized spacial score (nSPS) is 11.0. The smallest absolute Gasteiger partial charge is 0.157 e. The van der Waals surface area contributed by atoms with Crippen LogP contribution in [0.2, 0.25) is 5.15 Å². The van der Waals surface area contributed by atoms with Gasteiger partial charge in [0.05, 0.1) is 10.2 Å². The first kappa shape index (κ1) is 11.9. The molecule has 0 atom stereocenters. The highest BCUT2D eigenvalue weighted by molar-refractivity contribution is 8.01. The number of para-hydroxylation sites is 1. The van der Waals surface area contributed by atoms with E-state index in [9.17, 15) is 0 Å². The Morgan fingerprint density at radius 3 is 2.78 bits per heavy atom. The molecule has 90 valence electrons. The molecule has 0 unspecified atom stereocenters. The maximum Gasteiger partial charge on any atom is 0.157 e. The van der Waals surface area contributed by atoms with Crippen molar-refractivity contribution in [3.8, 4) is 0 Å².